The standard InChI is InChI=1S/C26H24N2O5S/c1-5-20-7-6-8-22(16-20)27-25(29)17-28(4)26(30)21-11-13-23(14-12-21)33-34(31,32)24-15-18(2)9-10-19(24)3/h1,6-16H,17H2,2-4H3,(H,27,29). The average molecular weight is 477 g/mol. The van der Waals surface area contributed by atoms with Crippen molar-refractivity contribution in [3.8, 4) is 18.1 Å². The van der Waals surface area contributed by atoms with Crippen molar-refractivity contribution in [3.63, 3.8) is 0 Å². The molecule has 0 saturated heterocycles. The third kappa shape index (κ3) is 6.03. The molecule has 0 spiro atoms. The molecular weight excluding hydrogens is 452 g/mol. The van der Waals surface area contributed by atoms with Crippen LogP contribution in [-0.2, 0) is 14.9 Å². The lowest BCUT2D eigenvalue weighted by Gasteiger charge is -2.17. The lowest BCUT2D eigenvalue weighted by atomic mass is 10.2. The molecule has 0 aromatic heterocycles. The van der Waals surface area contributed by atoms with Gasteiger partial charge in [-0.25, -0.2) is 0 Å². The molecule has 3 rings (SSSR count). The molecule has 0 bridgehead atoms. The van der Waals surface area contributed by atoms with E-state index in [4.69, 9.17) is 10.6 Å². The Bertz CT molecular complexity index is 1370. The summed E-state index contributed by atoms with van der Waals surface area (Å²) in [6.07, 6.45) is 5.36. The number of amides is 2. The van der Waals surface area contributed by atoms with Crippen LogP contribution < -0.4 is 9.50 Å². The molecule has 0 aliphatic carbocycles. The zero-order chi connectivity index (χ0) is 24.9. The van der Waals surface area contributed by atoms with Crippen LogP contribution >= 0.6 is 0 Å². The predicted molar refractivity (Wildman–Crippen MR) is 130 cm³/mol. The van der Waals surface area contributed by atoms with Crippen molar-refractivity contribution in [2.24, 2.45) is 0 Å². The summed E-state index contributed by atoms with van der Waals surface area (Å²) in [4.78, 5) is 26.3. The molecule has 0 aliphatic heterocycles. The molecule has 8 heteroatoms. The van der Waals surface area contributed by atoms with Crippen LogP contribution in [0.15, 0.2) is 71.6 Å². The molecule has 0 aliphatic rings. The second-order valence-electron chi connectivity index (χ2n) is 7.77. The Morgan fingerprint density at radius 3 is 2.41 bits per heavy atom. The molecule has 3 aromatic rings. The summed E-state index contributed by atoms with van der Waals surface area (Å²) < 4.78 is 30.6. The predicted octanol–water partition coefficient (Wildman–Crippen LogP) is 3.76. The van der Waals surface area contributed by atoms with Gasteiger partial charge in [-0.3, -0.25) is 9.59 Å². The van der Waals surface area contributed by atoms with Crippen LogP contribution in [0.4, 0.5) is 5.69 Å². The summed E-state index contributed by atoms with van der Waals surface area (Å²) in [5, 5.41) is 2.70. The van der Waals surface area contributed by atoms with Crippen LogP contribution in [0.2, 0.25) is 0 Å². The Labute approximate surface area is 199 Å². The van der Waals surface area contributed by atoms with Gasteiger partial charge >= 0.3 is 10.1 Å². The van der Waals surface area contributed by atoms with Crippen LogP contribution in [0.3, 0.4) is 0 Å². The van der Waals surface area contributed by atoms with Crippen molar-refractivity contribution in [1.29, 1.82) is 0 Å². The van der Waals surface area contributed by atoms with E-state index in [-0.39, 0.29) is 28.7 Å². The number of carbonyl (C=O) groups excluding carboxylic acids is 2. The summed E-state index contributed by atoms with van der Waals surface area (Å²) >= 11 is 0. The summed E-state index contributed by atoms with van der Waals surface area (Å²) in [5.41, 5.74) is 2.81. The third-order valence-electron chi connectivity index (χ3n) is 4.96. The van der Waals surface area contributed by atoms with Gasteiger partial charge in [-0.2, -0.15) is 8.42 Å². The van der Waals surface area contributed by atoms with Gasteiger partial charge in [-0.15, -0.1) is 6.42 Å². The van der Waals surface area contributed by atoms with Crippen molar-refractivity contribution < 1.29 is 22.2 Å². The number of anilines is 1. The number of nitrogens with zero attached hydrogens (tertiary/aromatic N) is 1. The number of carbonyl (C=O) groups is 2. The minimum absolute atomic E-state index is 0.0752. The van der Waals surface area contributed by atoms with Gasteiger partial charge in [-0.05, 0) is 73.5 Å². The Balaban J connectivity index is 1.64. The molecule has 0 fully saturated rings. The van der Waals surface area contributed by atoms with Gasteiger partial charge < -0.3 is 14.4 Å². The van der Waals surface area contributed by atoms with Gasteiger partial charge in [0, 0.05) is 23.9 Å². The van der Waals surface area contributed by atoms with Crippen molar-refractivity contribution in [2.45, 2.75) is 18.7 Å². The highest BCUT2D eigenvalue weighted by Crippen LogP contribution is 2.23. The fourth-order valence-corrected chi connectivity index (χ4v) is 4.44. The Morgan fingerprint density at radius 1 is 1.03 bits per heavy atom. The number of terminal acetylenes is 1. The topological polar surface area (TPSA) is 92.8 Å². The number of hydrogen-bond acceptors (Lipinski definition) is 5. The lowest BCUT2D eigenvalue weighted by Crippen LogP contribution is -2.34. The third-order valence-corrected chi connectivity index (χ3v) is 6.35. The molecular formula is C26H24N2O5S. The van der Waals surface area contributed by atoms with E-state index >= 15 is 0 Å². The van der Waals surface area contributed by atoms with Crippen LogP contribution in [0, 0.1) is 26.2 Å². The van der Waals surface area contributed by atoms with E-state index < -0.39 is 16.0 Å². The van der Waals surface area contributed by atoms with E-state index in [0.29, 0.717) is 16.8 Å². The fourth-order valence-electron chi connectivity index (χ4n) is 3.20. The summed E-state index contributed by atoms with van der Waals surface area (Å²) in [6, 6.07) is 17.6. The first-order valence-corrected chi connectivity index (χ1v) is 11.7. The van der Waals surface area contributed by atoms with Crippen LogP contribution in [0.1, 0.15) is 27.0 Å². The zero-order valence-corrected chi connectivity index (χ0v) is 19.8. The first kappa shape index (κ1) is 24.6. The molecule has 0 atom stereocenters. The number of hydrogen-bond donors (Lipinski definition) is 1. The first-order valence-electron chi connectivity index (χ1n) is 10.3. The number of aryl methyl sites for hydroxylation is 2. The lowest BCUT2D eigenvalue weighted by molar-refractivity contribution is -0.116. The van der Waals surface area contributed by atoms with Crippen molar-refractivity contribution >= 4 is 27.6 Å². The van der Waals surface area contributed by atoms with Gasteiger partial charge in [0.05, 0.1) is 6.54 Å². The van der Waals surface area contributed by atoms with E-state index in [9.17, 15) is 18.0 Å². The molecule has 0 radical (unpaired) electrons. The van der Waals surface area contributed by atoms with Gasteiger partial charge in [0.2, 0.25) is 5.91 Å². The minimum atomic E-state index is -4.03. The number of nitrogens with one attached hydrogen (secondary N) is 1. The molecule has 1 N–H and O–H groups in total. The van der Waals surface area contributed by atoms with Crippen molar-refractivity contribution in [3.05, 3.63) is 89.0 Å². The molecule has 0 heterocycles. The highest BCUT2D eigenvalue weighted by atomic mass is 32.2. The Kier molecular flexibility index (Phi) is 7.39. The smallest absolute Gasteiger partial charge is 0.339 e. The van der Waals surface area contributed by atoms with E-state index in [0.717, 1.165) is 5.56 Å². The van der Waals surface area contributed by atoms with E-state index in [1.165, 1.54) is 36.2 Å². The summed E-state index contributed by atoms with van der Waals surface area (Å²) in [7, 11) is -2.53. The number of rotatable bonds is 7. The highest BCUT2D eigenvalue weighted by molar-refractivity contribution is 7.87. The van der Waals surface area contributed by atoms with Crippen LogP contribution in [-0.4, -0.2) is 38.7 Å². The maximum atomic E-state index is 12.7. The van der Waals surface area contributed by atoms with Gasteiger partial charge in [0.15, 0.2) is 0 Å². The molecule has 0 unspecified atom stereocenters. The molecule has 2 amide bonds. The maximum Gasteiger partial charge on any atom is 0.339 e. The van der Waals surface area contributed by atoms with Gasteiger partial charge in [0.1, 0.15) is 10.6 Å². The second-order valence-corrected chi connectivity index (χ2v) is 9.28. The van der Waals surface area contributed by atoms with E-state index in [1.807, 2.05) is 6.07 Å². The van der Waals surface area contributed by atoms with E-state index in [2.05, 4.69) is 11.2 Å². The van der Waals surface area contributed by atoms with Crippen LogP contribution in [0.25, 0.3) is 0 Å². The zero-order valence-electron chi connectivity index (χ0n) is 19.0. The number of likely N-dealkylation sites (N-methyl/N-ethyl adjacent to an activating group) is 1. The highest BCUT2D eigenvalue weighted by Gasteiger charge is 2.20. The SMILES string of the molecule is C#Cc1cccc(NC(=O)CN(C)C(=O)c2ccc(OS(=O)(=O)c3cc(C)ccc3C)cc2)c1. The average Bonchev–Trinajstić information content (AvgIpc) is 2.80. The van der Waals surface area contributed by atoms with Gasteiger partial charge in [0.25, 0.3) is 5.91 Å². The number of benzene rings is 3. The molecule has 0 saturated carbocycles. The van der Waals surface area contributed by atoms with Crippen molar-refractivity contribution in [1.82, 2.24) is 4.90 Å². The Morgan fingerprint density at radius 2 is 1.74 bits per heavy atom. The Hall–Kier alpha value is -4.09. The molecule has 174 valence electrons. The largest absolute Gasteiger partial charge is 0.379 e. The summed E-state index contributed by atoms with van der Waals surface area (Å²) in [6.45, 7) is 3.30. The normalized spacial score (nSPS) is 10.8. The van der Waals surface area contributed by atoms with E-state index in [1.54, 1.807) is 50.2 Å². The quantitative estimate of drug-likeness (QED) is 0.414. The van der Waals surface area contributed by atoms with Crippen LogP contribution in [0.5, 0.6) is 5.75 Å². The summed E-state index contributed by atoms with van der Waals surface area (Å²) in [5.74, 6) is 1.77. The fraction of sp³-hybridized carbons (Fsp3) is 0.154. The minimum Gasteiger partial charge on any atom is -0.379 e. The van der Waals surface area contributed by atoms with Gasteiger partial charge in [-0.1, -0.05) is 24.1 Å². The van der Waals surface area contributed by atoms with Crippen molar-refractivity contribution in [2.75, 3.05) is 18.9 Å². The molecule has 34 heavy (non-hydrogen) atoms. The molecule has 3 aromatic carbocycles. The monoisotopic (exact) mass is 476 g/mol. The molecule has 7 nitrogen and oxygen atoms in total. The maximum absolute atomic E-state index is 12.7. The first-order chi connectivity index (χ1) is 16.1. The second kappa shape index (κ2) is 10.2.